The lowest BCUT2D eigenvalue weighted by Gasteiger charge is -2.26. The predicted molar refractivity (Wildman–Crippen MR) is 186 cm³/mol. The predicted octanol–water partition coefficient (Wildman–Crippen LogP) is 11.6. The van der Waals surface area contributed by atoms with Gasteiger partial charge in [0, 0.05) is 33.5 Å². The van der Waals surface area contributed by atoms with Crippen molar-refractivity contribution < 1.29 is 0 Å². The molecule has 1 heterocycles. The number of hydrogen-bond acceptors (Lipinski definition) is 1. The van der Waals surface area contributed by atoms with E-state index in [2.05, 4.69) is 191 Å². The molecule has 7 aromatic carbocycles. The molecule has 0 aliphatic carbocycles. The van der Waals surface area contributed by atoms with E-state index in [4.69, 9.17) is 0 Å². The van der Waals surface area contributed by atoms with Crippen molar-refractivity contribution in [1.82, 2.24) is 4.57 Å². The van der Waals surface area contributed by atoms with E-state index in [1.807, 2.05) is 0 Å². The second kappa shape index (κ2) is 11.1. The molecule has 0 saturated carbocycles. The van der Waals surface area contributed by atoms with Gasteiger partial charge in [0.15, 0.2) is 0 Å². The van der Waals surface area contributed by atoms with Gasteiger partial charge in [0.05, 0.1) is 11.0 Å². The first-order valence-electron chi connectivity index (χ1n) is 15.0. The van der Waals surface area contributed by atoms with Crippen LogP contribution in [0.15, 0.2) is 182 Å². The fraction of sp³-hybridized carbons (Fsp3) is 0. The van der Waals surface area contributed by atoms with Gasteiger partial charge in [0.2, 0.25) is 0 Å². The fourth-order valence-electron chi connectivity index (χ4n) is 6.29. The van der Waals surface area contributed by atoms with Crippen LogP contribution in [0.3, 0.4) is 0 Å². The summed E-state index contributed by atoms with van der Waals surface area (Å²) in [5.41, 5.74) is 11.8. The molecule has 0 radical (unpaired) electrons. The van der Waals surface area contributed by atoms with Crippen LogP contribution in [0.25, 0.3) is 49.7 Å². The molecule has 0 spiro atoms. The topological polar surface area (TPSA) is 8.17 Å². The van der Waals surface area contributed by atoms with Crippen LogP contribution in [0.1, 0.15) is 0 Å². The second-order valence-corrected chi connectivity index (χ2v) is 11.1. The molecule has 2 heteroatoms. The zero-order valence-electron chi connectivity index (χ0n) is 24.2. The summed E-state index contributed by atoms with van der Waals surface area (Å²) >= 11 is 0. The van der Waals surface area contributed by atoms with E-state index in [0.29, 0.717) is 0 Å². The Kier molecular flexibility index (Phi) is 6.51. The van der Waals surface area contributed by atoms with E-state index < -0.39 is 0 Å². The Bertz CT molecular complexity index is 2140. The molecule has 0 atom stereocenters. The number of fused-ring (bicyclic) bond motifs is 3. The first-order chi connectivity index (χ1) is 21.8. The molecule has 1 aromatic heterocycles. The van der Waals surface area contributed by atoms with Gasteiger partial charge in [-0.2, -0.15) is 0 Å². The molecule has 208 valence electrons. The summed E-state index contributed by atoms with van der Waals surface area (Å²) in [5, 5.41) is 2.55. The quantitative estimate of drug-likeness (QED) is 0.196. The highest BCUT2D eigenvalue weighted by atomic mass is 15.1. The van der Waals surface area contributed by atoms with Crippen LogP contribution in [0.2, 0.25) is 0 Å². The van der Waals surface area contributed by atoms with E-state index in [1.54, 1.807) is 0 Å². The van der Waals surface area contributed by atoms with Crippen molar-refractivity contribution >= 4 is 38.9 Å². The van der Waals surface area contributed by atoms with Crippen LogP contribution in [-0.4, -0.2) is 4.57 Å². The molecule has 0 bridgehead atoms. The van der Waals surface area contributed by atoms with Crippen LogP contribution in [-0.2, 0) is 0 Å². The summed E-state index contributed by atoms with van der Waals surface area (Å²) in [7, 11) is 0. The SMILES string of the molecule is c1ccc(-c2ccc(N(c3ccccc3)c3ccc(-c4cccc(-n5c6ccccc6c6ccccc65)c4)cc3)cc2)cc1. The molecule has 8 aromatic rings. The van der Waals surface area contributed by atoms with Crippen molar-refractivity contribution in [3.63, 3.8) is 0 Å². The van der Waals surface area contributed by atoms with E-state index in [-0.39, 0.29) is 0 Å². The fourth-order valence-corrected chi connectivity index (χ4v) is 6.29. The first kappa shape index (κ1) is 25.8. The largest absolute Gasteiger partial charge is 0.311 e. The van der Waals surface area contributed by atoms with Crippen molar-refractivity contribution in [3.8, 4) is 27.9 Å². The first-order valence-corrected chi connectivity index (χ1v) is 15.0. The van der Waals surface area contributed by atoms with Crippen LogP contribution in [0.4, 0.5) is 17.1 Å². The lowest BCUT2D eigenvalue weighted by molar-refractivity contribution is 1.18. The van der Waals surface area contributed by atoms with Crippen LogP contribution < -0.4 is 4.90 Å². The van der Waals surface area contributed by atoms with E-state index in [9.17, 15) is 0 Å². The van der Waals surface area contributed by atoms with Crippen LogP contribution in [0, 0.1) is 0 Å². The van der Waals surface area contributed by atoms with Gasteiger partial charge in [-0.05, 0) is 82.9 Å². The van der Waals surface area contributed by atoms with E-state index in [1.165, 1.54) is 44.1 Å². The average Bonchev–Trinajstić information content (AvgIpc) is 3.44. The van der Waals surface area contributed by atoms with Gasteiger partial charge < -0.3 is 9.47 Å². The van der Waals surface area contributed by atoms with Gasteiger partial charge >= 0.3 is 0 Å². The monoisotopic (exact) mass is 562 g/mol. The summed E-state index contributed by atoms with van der Waals surface area (Å²) in [4.78, 5) is 2.31. The van der Waals surface area contributed by atoms with Crippen molar-refractivity contribution in [2.24, 2.45) is 0 Å². The standard InChI is InChI=1S/C42H30N2/c1-3-12-31(13-4-1)32-22-26-36(27-23-32)43(35-15-5-2-6-16-35)37-28-24-33(25-29-37)34-14-11-17-38(30-34)44-41-20-9-7-18-39(41)40-19-8-10-21-42(40)44/h1-30H. The number of rotatable bonds is 6. The Morgan fingerprint density at radius 2 is 0.750 bits per heavy atom. The third kappa shape index (κ3) is 4.63. The minimum Gasteiger partial charge on any atom is -0.311 e. The lowest BCUT2D eigenvalue weighted by atomic mass is 10.0. The Balaban J connectivity index is 1.16. The third-order valence-corrected chi connectivity index (χ3v) is 8.39. The highest BCUT2D eigenvalue weighted by Gasteiger charge is 2.14. The number of nitrogens with zero attached hydrogens (tertiary/aromatic N) is 2. The van der Waals surface area contributed by atoms with E-state index >= 15 is 0 Å². The summed E-state index contributed by atoms with van der Waals surface area (Å²) in [5.74, 6) is 0. The summed E-state index contributed by atoms with van der Waals surface area (Å²) in [6.45, 7) is 0. The maximum absolute atomic E-state index is 2.37. The summed E-state index contributed by atoms with van der Waals surface area (Å²) in [6, 6.07) is 65.0. The van der Waals surface area contributed by atoms with Gasteiger partial charge in [0.1, 0.15) is 0 Å². The van der Waals surface area contributed by atoms with Gasteiger partial charge in [-0.3, -0.25) is 0 Å². The molecule has 0 fully saturated rings. The molecule has 0 saturated heterocycles. The maximum Gasteiger partial charge on any atom is 0.0541 e. The molecule has 44 heavy (non-hydrogen) atoms. The minimum absolute atomic E-state index is 1.12. The summed E-state index contributed by atoms with van der Waals surface area (Å²) in [6.07, 6.45) is 0. The van der Waals surface area contributed by atoms with Gasteiger partial charge in [-0.15, -0.1) is 0 Å². The molecule has 8 rings (SSSR count). The Hall–Kier alpha value is -5.86. The molecular weight excluding hydrogens is 532 g/mol. The molecule has 0 N–H and O–H groups in total. The zero-order valence-corrected chi connectivity index (χ0v) is 24.2. The molecule has 0 amide bonds. The lowest BCUT2D eigenvalue weighted by Crippen LogP contribution is -2.09. The Morgan fingerprint density at radius 1 is 0.318 bits per heavy atom. The number of anilines is 3. The highest BCUT2D eigenvalue weighted by Crippen LogP contribution is 2.37. The normalized spacial score (nSPS) is 11.2. The summed E-state index contributed by atoms with van der Waals surface area (Å²) < 4.78 is 2.37. The molecule has 2 nitrogen and oxygen atoms in total. The number of benzene rings is 7. The van der Waals surface area contributed by atoms with Gasteiger partial charge in [-0.25, -0.2) is 0 Å². The van der Waals surface area contributed by atoms with Gasteiger partial charge in [-0.1, -0.05) is 121 Å². The number of hydrogen-bond donors (Lipinski definition) is 0. The van der Waals surface area contributed by atoms with Crippen molar-refractivity contribution in [2.75, 3.05) is 4.90 Å². The Labute approximate surface area is 257 Å². The minimum atomic E-state index is 1.12. The molecule has 0 aliphatic heterocycles. The zero-order chi connectivity index (χ0) is 29.3. The highest BCUT2D eigenvalue weighted by molar-refractivity contribution is 6.09. The maximum atomic E-state index is 2.37. The van der Waals surface area contributed by atoms with E-state index in [0.717, 1.165) is 22.7 Å². The number of aromatic nitrogens is 1. The molecule has 0 unspecified atom stereocenters. The smallest absolute Gasteiger partial charge is 0.0541 e. The Morgan fingerprint density at radius 3 is 1.34 bits per heavy atom. The van der Waals surface area contributed by atoms with Gasteiger partial charge in [0.25, 0.3) is 0 Å². The van der Waals surface area contributed by atoms with Crippen molar-refractivity contribution in [1.29, 1.82) is 0 Å². The van der Waals surface area contributed by atoms with Crippen LogP contribution >= 0.6 is 0 Å². The molecular formula is C42H30N2. The van der Waals surface area contributed by atoms with Crippen molar-refractivity contribution in [2.45, 2.75) is 0 Å². The van der Waals surface area contributed by atoms with Crippen LogP contribution in [0.5, 0.6) is 0 Å². The number of para-hydroxylation sites is 3. The average molecular weight is 563 g/mol. The van der Waals surface area contributed by atoms with Crippen molar-refractivity contribution in [3.05, 3.63) is 182 Å². The third-order valence-electron chi connectivity index (χ3n) is 8.39. The molecule has 0 aliphatic rings. The second-order valence-electron chi connectivity index (χ2n) is 11.1.